The van der Waals surface area contributed by atoms with Gasteiger partial charge in [0.2, 0.25) is 5.79 Å². The zero-order valence-corrected chi connectivity index (χ0v) is 13.8. The number of aliphatic hydroxyl groups is 1. The van der Waals surface area contributed by atoms with E-state index in [-0.39, 0.29) is 5.02 Å². The lowest BCUT2D eigenvalue weighted by Crippen LogP contribution is -2.36. The van der Waals surface area contributed by atoms with Crippen molar-refractivity contribution in [1.29, 1.82) is 0 Å². The van der Waals surface area contributed by atoms with E-state index < -0.39 is 17.7 Å². The van der Waals surface area contributed by atoms with E-state index in [4.69, 9.17) is 21.1 Å². The van der Waals surface area contributed by atoms with Crippen LogP contribution < -0.4 is 4.74 Å². The second-order valence-corrected chi connectivity index (χ2v) is 6.38. The number of hydrogen-bond donors (Lipinski definition) is 1. The summed E-state index contributed by atoms with van der Waals surface area (Å²) < 4.78 is 24.8. The average molecular weight is 338 g/mol. The van der Waals surface area contributed by atoms with Crippen molar-refractivity contribution in [3.63, 3.8) is 0 Å². The first-order valence-electron chi connectivity index (χ1n) is 7.23. The van der Waals surface area contributed by atoms with Crippen LogP contribution in [0, 0.1) is 12.7 Å². The fourth-order valence-corrected chi connectivity index (χ4v) is 2.74. The third-order valence-electron chi connectivity index (χ3n) is 3.81. The van der Waals surface area contributed by atoms with Gasteiger partial charge in [0.05, 0.1) is 17.3 Å². The van der Waals surface area contributed by atoms with Gasteiger partial charge in [-0.1, -0.05) is 17.7 Å². The molecule has 0 spiro atoms. The van der Waals surface area contributed by atoms with Crippen LogP contribution in [0.4, 0.5) is 4.39 Å². The van der Waals surface area contributed by atoms with Crippen LogP contribution in [0.2, 0.25) is 5.02 Å². The number of nitrogens with zero attached hydrogens (tertiary/aromatic N) is 1. The highest BCUT2D eigenvalue weighted by Gasteiger charge is 2.32. The highest BCUT2D eigenvalue weighted by molar-refractivity contribution is 6.30. The molecule has 1 atom stereocenters. The molecule has 0 amide bonds. The van der Waals surface area contributed by atoms with Crippen LogP contribution in [-0.4, -0.2) is 15.9 Å². The first-order chi connectivity index (χ1) is 10.8. The summed E-state index contributed by atoms with van der Waals surface area (Å²) in [7, 11) is 0. The normalized spacial score (nSPS) is 17.3. The summed E-state index contributed by atoms with van der Waals surface area (Å²) in [6, 6.07) is 4.12. The molecular weight excluding hydrogens is 321 g/mol. The Morgan fingerprint density at radius 1 is 1.39 bits per heavy atom. The van der Waals surface area contributed by atoms with E-state index in [0.717, 1.165) is 11.3 Å². The number of benzene rings is 1. The molecule has 0 bridgehead atoms. The third-order valence-corrected chi connectivity index (χ3v) is 4.10. The fraction of sp³-hybridized carbons (Fsp3) is 0.353. The number of ether oxygens (including phenoxy) is 2. The van der Waals surface area contributed by atoms with Crippen LogP contribution in [0.15, 0.2) is 24.4 Å². The van der Waals surface area contributed by atoms with Crippen molar-refractivity contribution in [2.45, 2.75) is 39.3 Å². The molecule has 2 aromatic rings. The number of pyridine rings is 1. The molecule has 1 N–H and O–H groups in total. The molecule has 1 aromatic carbocycles. The molecule has 4 nitrogen and oxygen atoms in total. The highest BCUT2D eigenvalue weighted by Crippen LogP contribution is 2.38. The van der Waals surface area contributed by atoms with E-state index >= 15 is 0 Å². The van der Waals surface area contributed by atoms with Gasteiger partial charge in [-0.05, 0) is 24.6 Å². The lowest BCUT2D eigenvalue weighted by molar-refractivity contribution is -0.181. The lowest BCUT2D eigenvalue weighted by atomic mass is 9.97. The van der Waals surface area contributed by atoms with Gasteiger partial charge in [-0.15, -0.1) is 0 Å². The summed E-state index contributed by atoms with van der Waals surface area (Å²) in [5.74, 6) is -0.659. The maximum atomic E-state index is 13.3. The predicted octanol–water partition coefficient (Wildman–Crippen LogP) is 3.91. The molecule has 0 aliphatic carbocycles. The van der Waals surface area contributed by atoms with Crippen molar-refractivity contribution < 1.29 is 19.0 Å². The molecule has 122 valence electrons. The Morgan fingerprint density at radius 3 is 2.83 bits per heavy atom. The topological polar surface area (TPSA) is 51.6 Å². The van der Waals surface area contributed by atoms with Crippen molar-refractivity contribution in [2.75, 3.05) is 0 Å². The molecule has 1 aliphatic heterocycles. The monoisotopic (exact) mass is 337 g/mol. The van der Waals surface area contributed by atoms with Gasteiger partial charge in [0.25, 0.3) is 0 Å². The van der Waals surface area contributed by atoms with Crippen molar-refractivity contribution in [3.8, 4) is 5.75 Å². The molecule has 3 rings (SSSR count). The molecule has 6 heteroatoms. The zero-order valence-electron chi connectivity index (χ0n) is 13.1. The maximum absolute atomic E-state index is 13.3. The van der Waals surface area contributed by atoms with Crippen LogP contribution >= 0.6 is 11.6 Å². The Bertz CT molecular complexity index is 764. The minimum Gasteiger partial charge on any atom is -0.461 e. The molecule has 0 fully saturated rings. The van der Waals surface area contributed by atoms with Gasteiger partial charge in [-0.2, -0.15) is 0 Å². The number of aryl methyl sites for hydroxylation is 1. The minimum atomic E-state index is -0.997. The summed E-state index contributed by atoms with van der Waals surface area (Å²) >= 11 is 5.80. The Morgan fingerprint density at radius 2 is 2.13 bits per heavy atom. The van der Waals surface area contributed by atoms with Crippen molar-refractivity contribution >= 4 is 11.6 Å². The fourth-order valence-electron chi connectivity index (χ4n) is 2.56. The minimum absolute atomic E-state index is 0.0379. The molecule has 1 unspecified atom stereocenters. The summed E-state index contributed by atoms with van der Waals surface area (Å²) in [6.45, 7) is 5.77. The molecule has 1 aromatic heterocycles. The van der Waals surface area contributed by atoms with Gasteiger partial charge < -0.3 is 14.6 Å². The molecule has 0 radical (unpaired) electrons. The highest BCUT2D eigenvalue weighted by atomic mass is 35.5. The number of fused-ring (bicyclic) bond motifs is 1. The summed E-state index contributed by atoms with van der Waals surface area (Å²) in [5, 5.41) is 10.6. The number of rotatable bonds is 2. The van der Waals surface area contributed by atoms with Crippen LogP contribution in [0.5, 0.6) is 5.75 Å². The summed E-state index contributed by atoms with van der Waals surface area (Å²) in [4.78, 5) is 4.30. The van der Waals surface area contributed by atoms with E-state index in [1.54, 1.807) is 6.20 Å². The number of aromatic nitrogens is 1. The van der Waals surface area contributed by atoms with Crippen LogP contribution in [0.1, 0.15) is 42.3 Å². The Labute approximate surface area is 138 Å². The van der Waals surface area contributed by atoms with Gasteiger partial charge in [0, 0.05) is 31.2 Å². The Kier molecular flexibility index (Phi) is 4.04. The van der Waals surface area contributed by atoms with Gasteiger partial charge in [-0.25, -0.2) is 4.39 Å². The van der Waals surface area contributed by atoms with Crippen molar-refractivity contribution in [1.82, 2.24) is 4.98 Å². The quantitative estimate of drug-likeness (QED) is 0.902. The van der Waals surface area contributed by atoms with Crippen molar-refractivity contribution in [2.24, 2.45) is 0 Å². The number of aliphatic hydroxyl groups excluding tert-OH is 1. The molecular formula is C17H17ClFNO3. The lowest BCUT2D eigenvalue weighted by Gasteiger charge is -2.34. The van der Waals surface area contributed by atoms with Gasteiger partial charge in [0.15, 0.2) is 0 Å². The Hall–Kier alpha value is -1.69. The number of halogens is 2. The third kappa shape index (κ3) is 3.04. The summed E-state index contributed by atoms with van der Waals surface area (Å²) in [5.41, 5.74) is 2.51. The van der Waals surface area contributed by atoms with E-state index in [0.29, 0.717) is 23.5 Å². The standard InChI is InChI=1S/C17H17ClFNO3/c1-9-16-12(8-22-17(2,3)23-16)11(7-20-9)15(21)10-4-5-14(19)13(18)6-10/h4-7,15,21H,8H2,1-3H3. The molecule has 1 aliphatic rings. The van der Waals surface area contributed by atoms with Gasteiger partial charge in [-0.3, -0.25) is 4.98 Å². The smallest absolute Gasteiger partial charge is 0.205 e. The van der Waals surface area contributed by atoms with E-state index in [1.165, 1.54) is 18.2 Å². The van der Waals surface area contributed by atoms with Crippen molar-refractivity contribution in [3.05, 3.63) is 57.6 Å². The van der Waals surface area contributed by atoms with Crippen LogP contribution in [0.3, 0.4) is 0 Å². The maximum Gasteiger partial charge on any atom is 0.205 e. The molecule has 0 saturated carbocycles. The zero-order chi connectivity index (χ0) is 16.8. The molecule has 0 saturated heterocycles. The summed E-state index contributed by atoms with van der Waals surface area (Å²) in [6.07, 6.45) is 0.588. The second-order valence-electron chi connectivity index (χ2n) is 5.97. The van der Waals surface area contributed by atoms with Crippen LogP contribution in [0.25, 0.3) is 0 Å². The average Bonchev–Trinajstić information content (AvgIpc) is 2.49. The van der Waals surface area contributed by atoms with E-state index in [9.17, 15) is 9.50 Å². The Balaban J connectivity index is 2.05. The van der Waals surface area contributed by atoms with E-state index in [2.05, 4.69) is 4.98 Å². The van der Waals surface area contributed by atoms with Crippen LogP contribution in [-0.2, 0) is 11.3 Å². The first-order valence-corrected chi connectivity index (χ1v) is 7.60. The van der Waals surface area contributed by atoms with E-state index in [1.807, 2.05) is 20.8 Å². The van der Waals surface area contributed by atoms with Gasteiger partial charge >= 0.3 is 0 Å². The first kappa shape index (κ1) is 16.2. The molecule has 2 heterocycles. The largest absolute Gasteiger partial charge is 0.461 e. The SMILES string of the molecule is Cc1ncc(C(O)c2ccc(F)c(Cl)c2)c2c1OC(C)(C)OC2. The molecule has 23 heavy (non-hydrogen) atoms. The second kappa shape index (κ2) is 5.74. The van der Waals surface area contributed by atoms with Gasteiger partial charge in [0.1, 0.15) is 17.7 Å². The predicted molar refractivity (Wildman–Crippen MR) is 83.9 cm³/mol. The number of hydrogen-bond acceptors (Lipinski definition) is 4.